The van der Waals surface area contributed by atoms with Crippen molar-refractivity contribution in [2.75, 3.05) is 18.1 Å². The van der Waals surface area contributed by atoms with Crippen LogP contribution in [0.25, 0.3) is 0 Å². The molecule has 0 aromatic carbocycles. The molecule has 0 spiro atoms. The first-order chi connectivity index (χ1) is 12.9. The summed E-state index contributed by atoms with van der Waals surface area (Å²) in [5, 5.41) is 0. The smallest absolute Gasteiger partial charge is 0.456 e. The minimum atomic E-state index is -5.72. The van der Waals surface area contributed by atoms with Crippen molar-refractivity contribution in [3.63, 3.8) is 0 Å². The number of halogens is 5. The maximum Gasteiger partial charge on any atom is 0.456 e. The molecule has 0 aromatic rings. The van der Waals surface area contributed by atoms with Gasteiger partial charge >= 0.3 is 12.1 Å². The highest BCUT2D eigenvalue weighted by Gasteiger charge is 2.58. The van der Waals surface area contributed by atoms with E-state index in [1.54, 1.807) is 12.2 Å². The van der Waals surface area contributed by atoms with Crippen LogP contribution in [0.3, 0.4) is 0 Å². The van der Waals surface area contributed by atoms with Crippen LogP contribution >= 0.6 is 0 Å². The van der Waals surface area contributed by atoms with E-state index < -0.39 is 28.5 Å². The third kappa shape index (κ3) is 7.57. The Balaban J connectivity index is 3.05. The van der Waals surface area contributed by atoms with Crippen LogP contribution in [0.5, 0.6) is 0 Å². The van der Waals surface area contributed by atoms with Gasteiger partial charge in [-0.2, -0.15) is 22.0 Å². The molecular formula is C18H22F5NO3S. The molecule has 0 radical (unpaired) electrons. The lowest BCUT2D eigenvalue weighted by atomic mass is 10.1. The van der Waals surface area contributed by atoms with Crippen LogP contribution in [-0.2, 0) is 14.6 Å². The van der Waals surface area contributed by atoms with Crippen molar-refractivity contribution in [2.24, 2.45) is 4.99 Å². The molecule has 1 aliphatic heterocycles. The highest BCUT2D eigenvalue weighted by molar-refractivity contribution is 7.91. The Labute approximate surface area is 161 Å². The number of nitrogens with zero attached hydrogens (tertiary/aromatic N) is 1. The monoisotopic (exact) mass is 427 g/mol. The molecule has 28 heavy (non-hydrogen) atoms. The van der Waals surface area contributed by atoms with E-state index in [4.69, 9.17) is 0 Å². The van der Waals surface area contributed by atoms with Crippen molar-refractivity contribution in [2.45, 2.75) is 38.8 Å². The minimum absolute atomic E-state index is 0.0678. The van der Waals surface area contributed by atoms with E-state index in [0.29, 0.717) is 11.3 Å². The van der Waals surface area contributed by atoms with Gasteiger partial charge in [0, 0.05) is 17.9 Å². The largest absolute Gasteiger partial charge is 0.485 e. The van der Waals surface area contributed by atoms with Gasteiger partial charge in [-0.05, 0) is 18.1 Å². The number of hydrogen-bond donors (Lipinski definition) is 0. The topological polar surface area (TPSA) is 55.7 Å². The number of sulfone groups is 1. The van der Waals surface area contributed by atoms with E-state index >= 15 is 0 Å². The van der Waals surface area contributed by atoms with Crippen LogP contribution in [0.2, 0.25) is 0 Å². The van der Waals surface area contributed by atoms with Crippen LogP contribution in [0.4, 0.5) is 22.0 Å². The van der Waals surface area contributed by atoms with E-state index in [0.717, 1.165) is 12.6 Å². The Morgan fingerprint density at radius 2 is 1.93 bits per heavy atom. The maximum atomic E-state index is 13.0. The van der Waals surface area contributed by atoms with Gasteiger partial charge in [0.1, 0.15) is 5.76 Å². The standard InChI is InChI=1S/C18H22F5NO3S/c1-3-5-6-8-14(12-28(25,26)4-2)16-10-7-9-15(11-24-16)27-13-17(19,20)18(21,22)23/h5-9,11H,3-4,10,12-13H2,1-2H3/b6-5-,14-8+. The van der Waals surface area contributed by atoms with Crippen molar-refractivity contribution in [3.05, 3.63) is 47.9 Å². The van der Waals surface area contributed by atoms with E-state index in [2.05, 4.69) is 9.73 Å². The van der Waals surface area contributed by atoms with E-state index in [9.17, 15) is 30.4 Å². The number of aliphatic imine (C=N–C) groups is 1. The molecule has 10 heteroatoms. The lowest BCUT2D eigenvalue weighted by Crippen LogP contribution is -2.40. The van der Waals surface area contributed by atoms with Crippen LogP contribution in [0.1, 0.15) is 26.7 Å². The summed E-state index contributed by atoms with van der Waals surface area (Å²) in [6.45, 7) is 1.54. The molecule has 0 saturated heterocycles. The maximum absolute atomic E-state index is 13.0. The van der Waals surface area contributed by atoms with Gasteiger partial charge in [-0.15, -0.1) is 0 Å². The molecule has 0 amide bonds. The molecule has 0 aromatic heterocycles. The Morgan fingerprint density at radius 3 is 2.50 bits per heavy atom. The predicted octanol–water partition coefficient (Wildman–Crippen LogP) is 4.77. The molecule has 0 saturated carbocycles. The van der Waals surface area contributed by atoms with Crippen molar-refractivity contribution in [3.8, 4) is 0 Å². The van der Waals surface area contributed by atoms with Crippen LogP contribution in [0, 0.1) is 0 Å². The van der Waals surface area contributed by atoms with Gasteiger partial charge in [0.15, 0.2) is 16.4 Å². The number of alkyl halides is 5. The normalized spacial score (nSPS) is 16.8. The lowest BCUT2D eigenvalue weighted by molar-refractivity contribution is -0.293. The summed E-state index contributed by atoms with van der Waals surface area (Å²) in [7, 11) is -3.36. The zero-order valence-electron chi connectivity index (χ0n) is 15.5. The molecule has 0 atom stereocenters. The zero-order chi connectivity index (χ0) is 21.4. The molecule has 0 unspecified atom stereocenters. The first kappa shape index (κ1) is 24.1. The number of rotatable bonds is 9. The second kappa shape index (κ2) is 9.99. The first-order valence-electron chi connectivity index (χ1n) is 8.49. The Morgan fingerprint density at radius 1 is 1.25 bits per heavy atom. The molecular weight excluding hydrogens is 405 g/mol. The third-order valence-corrected chi connectivity index (χ3v) is 5.26. The summed E-state index contributed by atoms with van der Waals surface area (Å²) in [5.41, 5.74) is 0.768. The van der Waals surface area contributed by atoms with Crippen molar-refractivity contribution < 1.29 is 35.1 Å². The summed E-state index contributed by atoms with van der Waals surface area (Å²) in [6.07, 6.45) is 3.97. The molecule has 0 N–H and O–H groups in total. The predicted molar refractivity (Wildman–Crippen MR) is 98.1 cm³/mol. The highest BCUT2D eigenvalue weighted by Crippen LogP contribution is 2.36. The summed E-state index contributed by atoms with van der Waals surface area (Å²) in [6, 6.07) is 0. The molecule has 4 nitrogen and oxygen atoms in total. The molecule has 1 rings (SSSR count). The first-order valence-corrected chi connectivity index (χ1v) is 10.3. The molecule has 1 heterocycles. The van der Waals surface area contributed by atoms with Crippen LogP contribution in [0.15, 0.2) is 52.9 Å². The van der Waals surface area contributed by atoms with E-state index in [1.807, 2.05) is 13.0 Å². The van der Waals surface area contributed by atoms with Gasteiger partial charge in [0.05, 0.1) is 12.0 Å². The quantitative estimate of drug-likeness (QED) is 0.393. The lowest BCUT2D eigenvalue weighted by Gasteiger charge is -2.19. The summed E-state index contributed by atoms with van der Waals surface area (Å²) in [4.78, 5) is 4.04. The van der Waals surface area contributed by atoms with Gasteiger partial charge in [0.25, 0.3) is 0 Å². The average molecular weight is 427 g/mol. The van der Waals surface area contributed by atoms with Crippen molar-refractivity contribution in [1.82, 2.24) is 0 Å². The zero-order valence-corrected chi connectivity index (χ0v) is 16.3. The summed E-state index contributed by atoms with van der Waals surface area (Å²) in [5.74, 6) is -5.60. The number of hydrogen-bond acceptors (Lipinski definition) is 4. The van der Waals surface area contributed by atoms with Gasteiger partial charge in [0.2, 0.25) is 0 Å². The second-order valence-corrected chi connectivity index (χ2v) is 8.26. The molecule has 0 bridgehead atoms. The van der Waals surface area contributed by atoms with Gasteiger partial charge < -0.3 is 4.74 Å². The van der Waals surface area contributed by atoms with Gasteiger partial charge in [-0.25, -0.2) is 8.42 Å². The van der Waals surface area contributed by atoms with Crippen LogP contribution in [-0.4, -0.2) is 44.3 Å². The minimum Gasteiger partial charge on any atom is -0.485 e. The molecule has 0 aliphatic carbocycles. The van der Waals surface area contributed by atoms with Gasteiger partial charge in [-0.3, -0.25) is 4.99 Å². The average Bonchev–Trinajstić information content (AvgIpc) is 2.84. The fourth-order valence-electron chi connectivity index (χ4n) is 1.97. The number of ether oxygens (including phenoxy) is 1. The van der Waals surface area contributed by atoms with E-state index in [1.165, 1.54) is 19.1 Å². The molecule has 1 aliphatic rings. The Kier molecular flexibility index (Phi) is 8.59. The van der Waals surface area contributed by atoms with Crippen molar-refractivity contribution >= 4 is 15.5 Å². The van der Waals surface area contributed by atoms with E-state index in [-0.39, 0.29) is 23.7 Å². The highest BCUT2D eigenvalue weighted by atomic mass is 32.2. The fraction of sp³-hybridized carbons (Fsp3) is 0.500. The Hall–Kier alpha value is -1.97. The van der Waals surface area contributed by atoms with Crippen molar-refractivity contribution in [1.29, 1.82) is 0 Å². The second-order valence-electron chi connectivity index (χ2n) is 5.91. The molecule has 0 fully saturated rings. The van der Waals surface area contributed by atoms with Gasteiger partial charge in [-0.1, -0.05) is 38.2 Å². The third-order valence-electron chi connectivity index (χ3n) is 3.63. The Bertz CT molecular complexity index is 791. The number of allylic oxidation sites excluding steroid dienone is 5. The summed E-state index contributed by atoms with van der Waals surface area (Å²) >= 11 is 0. The molecule has 158 valence electrons. The fourth-order valence-corrected chi connectivity index (χ4v) is 2.91. The SMILES string of the molecule is CC/C=C\C=C(/CS(=O)(=O)CC)C1=NC=C(OCC(F)(F)C(F)(F)F)C=CC1. The van der Waals surface area contributed by atoms with Crippen LogP contribution < -0.4 is 0 Å². The summed E-state index contributed by atoms with van der Waals surface area (Å²) < 4.78 is 91.1.